The Morgan fingerprint density at radius 1 is 0.958 bits per heavy atom. The third kappa shape index (κ3) is 3.59. The molecule has 3 nitrogen and oxygen atoms in total. The molecule has 1 aromatic heterocycles. The maximum absolute atomic E-state index is 6.34. The number of benzene rings is 2. The van der Waals surface area contributed by atoms with Crippen molar-refractivity contribution >= 4 is 52.3 Å². The van der Waals surface area contributed by atoms with Gasteiger partial charge < -0.3 is 4.90 Å². The van der Waals surface area contributed by atoms with Crippen molar-refractivity contribution in [3.63, 3.8) is 0 Å². The molecule has 2 aromatic carbocycles. The van der Waals surface area contributed by atoms with Gasteiger partial charge in [0.15, 0.2) is 5.82 Å². The zero-order chi connectivity index (χ0) is 16.4. The molecule has 0 spiro atoms. The monoisotopic (exact) mass is 381 g/mol. The molecule has 0 aliphatic heterocycles. The summed E-state index contributed by atoms with van der Waals surface area (Å²) in [4.78, 5) is 11.7. The third-order valence-corrected chi connectivity index (χ3v) is 4.37. The molecule has 1 heterocycles. The Bertz CT molecular complexity index is 848. The molecule has 0 bridgehead atoms. The molecule has 0 saturated heterocycles. The molecule has 24 heavy (non-hydrogen) atoms. The van der Waals surface area contributed by atoms with E-state index in [0.29, 0.717) is 15.9 Å². The SMILES string of the molecule is CCN(CC)c1nc(-c2ccc(Cl)cc2Cl)nc2ccccc12.Cl. The first-order valence-electron chi connectivity index (χ1n) is 7.61. The van der Waals surface area contributed by atoms with E-state index < -0.39 is 0 Å². The van der Waals surface area contributed by atoms with E-state index in [2.05, 4.69) is 29.8 Å². The molecule has 0 N–H and O–H groups in total. The van der Waals surface area contributed by atoms with Crippen LogP contribution in [0.25, 0.3) is 22.3 Å². The molecule has 0 saturated carbocycles. The molecular weight excluding hydrogens is 365 g/mol. The molecule has 3 rings (SSSR count). The molecular formula is C18H18Cl3N3. The van der Waals surface area contributed by atoms with Gasteiger partial charge in [0.25, 0.3) is 0 Å². The molecule has 3 aromatic rings. The van der Waals surface area contributed by atoms with Crippen molar-refractivity contribution in [2.24, 2.45) is 0 Å². The van der Waals surface area contributed by atoms with Crippen LogP contribution in [0.2, 0.25) is 10.0 Å². The zero-order valence-corrected chi connectivity index (χ0v) is 15.8. The van der Waals surface area contributed by atoms with Crippen LogP contribution in [-0.4, -0.2) is 23.1 Å². The van der Waals surface area contributed by atoms with Gasteiger partial charge in [0.2, 0.25) is 0 Å². The fourth-order valence-corrected chi connectivity index (χ4v) is 3.11. The predicted octanol–water partition coefficient (Wildman–Crippen LogP) is 5.87. The number of rotatable bonds is 4. The number of hydrogen-bond acceptors (Lipinski definition) is 3. The van der Waals surface area contributed by atoms with E-state index in [9.17, 15) is 0 Å². The highest BCUT2D eigenvalue weighted by atomic mass is 35.5. The molecule has 126 valence electrons. The van der Waals surface area contributed by atoms with E-state index in [1.807, 2.05) is 24.3 Å². The fraction of sp³-hybridized carbons (Fsp3) is 0.222. The van der Waals surface area contributed by atoms with Crippen LogP contribution in [0, 0.1) is 0 Å². The lowest BCUT2D eigenvalue weighted by Crippen LogP contribution is -2.23. The molecule has 0 aliphatic carbocycles. The number of nitrogens with zero attached hydrogens (tertiary/aromatic N) is 3. The first kappa shape index (κ1) is 18.8. The number of halogens is 3. The highest BCUT2D eigenvalue weighted by molar-refractivity contribution is 6.36. The van der Waals surface area contributed by atoms with Crippen LogP contribution in [0.5, 0.6) is 0 Å². The molecule has 0 amide bonds. The number of para-hydroxylation sites is 1. The largest absolute Gasteiger partial charge is 0.357 e. The summed E-state index contributed by atoms with van der Waals surface area (Å²) >= 11 is 12.3. The van der Waals surface area contributed by atoms with Crippen molar-refractivity contribution in [3.05, 3.63) is 52.5 Å². The minimum atomic E-state index is 0. The van der Waals surface area contributed by atoms with Gasteiger partial charge in [-0.2, -0.15) is 0 Å². The van der Waals surface area contributed by atoms with Crippen LogP contribution in [-0.2, 0) is 0 Å². The quantitative estimate of drug-likeness (QED) is 0.565. The average molecular weight is 383 g/mol. The Labute approximate surface area is 158 Å². The smallest absolute Gasteiger partial charge is 0.163 e. The first-order chi connectivity index (χ1) is 11.1. The number of hydrogen-bond donors (Lipinski definition) is 0. The topological polar surface area (TPSA) is 29.0 Å². The minimum Gasteiger partial charge on any atom is -0.357 e. The standard InChI is InChI=1S/C18H17Cl2N3.ClH/c1-3-23(4-2)18-14-7-5-6-8-16(14)21-17(22-18)13-10-9-12(19)11-15(13)20;/h5-11H,3-4H2,1-2H3;1H. The Morgan fingerprint density at radius 2 is 1.67 bits per heavy atom. The van der Waals surface area contributed by atoms with Crippen molar-refractivity contribution in [2.75, 3.05) is 18.0 Å². The van der Waals surface area contributed by atoms with Crippen molar-refractivity contribution < 1.29 is 0 Å². The van der Waals surface area contributed by atoms with Crippen LogP contribution in [0.15, 0.2) is 42.5 Å². The molecule has 0 aliphatic rings. The summed E-state index contributed by atoms with van der Waals surface area (Å²) in [5, 5.41) is 2.20. The Morgan fingerprint density at radius 3 is 2.33 bits per heavy atom. The molecule has 6 heteroatoms. The first-order valence-corrected chi connectivity index (χ1v) is 8.36. The predicted molar refractivity (Wildman–Crippen MR) is 106 cm³/mol. The number of anilines is 1. The normalized spacial score (nSPS) is 10.5. The van der Waals surface area contributed by atoms with E-state index in [1.165, 1.54) is 0 Å². The molecule has 0 atom stereocenters. The van der Waals surface area contributed by atoms with Crippen LogP contribution >= 0.6 is 35.6 Å². The Balaban J connectivity index is 0.00000208. The maximum Gasteiger partial charge on any atom is 0.163 e. The summed E-state index contributed by atoms with van der Waals surface area (Å²) in [6, 6.07) is 13.4. The van der Waals surface area contributed by atoms with Crippen LogP contribution in [0.4, 0.5) is 5.82 Å². The lowest BCUT2D eigenvalue weighted by Gasteiger charge is -2.22. The van der Waals surface area contributed by atoms with Gasteiger partial charge in [-0.15, -0.1) is 12.4 Å². The van der Waals surface area contributed by atoms with Crippen molar-refractivity contribution in [1.82, 2.24) is 9.97 Å². The summed E-state index contributed by atoms with van der Waals surface area (Å²) in [6.45, 7) is 6.00. The van der Waals surface area contributed by atoms with Gasteiger partial charge in [-0.05, 0) is 44.2 Å². The summed E-state index contributed by atoms with van der Waals surface area (Å²) in [7, 11) is 0. The lowest BCUT2D eigenvalue weighted by molar-refractivity contribution is 0.850. The summed E-state index contributed by atoms with van der Waals surface area (Å²) in [5.41, 5.74) is 1.70. The third-order valence-electron chi connectivity index (χ3n) is 3.82. The van der Waals surface area contributed by atoms with Gasteiger partial charge in [-0.1, -0.05) is 35.3 Å². The average Bonchev–Trinajstić information content (AvgIpc) is 2.55. The van der Waals surface area contributed by atoms with Gasteiger partial charge >= 0.3 is 0 Å². The van der Waals surface area contributed by atoms with Crippen molar-refractivity contribution in [1.29, 1.82) is 0 Å². The number of fused-ring (bicyclic) bond motifs is 1. The van der Waals surface area contributed by atoms with Crippen LogP contribution < -0.4 is 4.90 Å². The maximum atomic E-state index is 6.34. The van der Waals surface area contributed by atoms with Gasteiger partial charge in [-0.25, -0.2) is 9.97 Å². The minimum absolute atomic E-state index is 0. The van der Waals surface area contributed by atoms with Crippen LogP contribution in [0.1, 0.15) is 13.8 Å². The molecule has 0 radical (unpaired) electrons. The van der Waals surface area contributed by atoms with E-state index in [4.69, 9.17) is 28.2 Å². The highest BCUT2D eigenvalue weighted by Crippen LogP contribution is 2.32. The summed E-state index contributed by atoms with van der Waals surface area (Å²) in [6.07, 6.45) is 0. The van der Waals surface area contributed by atoms with Gasteiger partial charge in [-0.3, -0.25) is 0 Å². The van der Waals surface area contributed by atoms with E-state index in [-0.39, 0.29) is 12.4 Å². The van der Waals surface area contributed by atoms with Gasteiger partial charge in [0.1, 0.15) is 5.82 Å². The second-order valence-electron chi connectivity index (χ2n) is 5.18. The Kier molecular flexibility index (Phi) is 6.27. The lowest BCUT2D eigenvalue weighted by atomic mass is 10.1. The van der Waals surface area contributed by atoms with Gasteiger partial charge in [0.05, 0.1) is 10.5 Å². The summed E-state index contributed by atoms with van der Waals surface area (Å²) in [5.74, 6) is 1.55. The van der Waals surface area contributed by atoms with Crippen LogP contribution in [0.3, 0.4) is 0 Å². The fourth-order valence-electron chi connectivity index (χ4n) is 2.62. The van der Waals surface area contributed by atoms with Gasteiger partial charge in [0, 0.05) is 29.1 Å². The summed E-state index contributed by atoms with van der Waals surface area (Å²) < 4.78 is 0. The van der Waals surface area contributed by atoms with Crippen molar-refractivity contribution in [3.8, 4) is 11.4 Å². The highest BCUT2D eigenvalue weighted by Gasteiger charge is 2.15. The number of aromatic nitrogens is 2. The molecule has 0 unspecified atom stereocenters. The second kappa shape index (κ2) is 8.02. The van der Waals surface area contributed by atoms with E-state index >= 15 is 0 Å². The Hall–Kier alpha value is -1.55. The van der Waals surface area contributed by atoms with E-state index in [1.54, 1.807) is 12.1 Å². The zero-order valence-electron chi connectivity index (χ0n) is 13.5. The molecule has 0 fully saturated rings. The van der Waals surface area contributed by atoms with E-state index in [0.717, 1.165) is 35.4 Å². The van der Waals surface area contributed by atoms with Crippen molar-refractivity contribution in [2.45, 2.75) is 13.8 Å². The second-order valence-corrected chi connectivity index (χ2v) is 6.03.